The standard InChI is InChI=1S/C5H9BrN2O/c6-2-1-5-3-7-4-8(5)9/h4-5,8H,1-3H2. The maximum Gasteiger partial charge on any atom is 0.184 e. The number of alkyl halides is 1. The molecule has 0 fully saturated rings. The van der Waals surface area contributed by atoms with Crippen LogP contribution in [-0.2, 0) is 0 Å². The van der Waals surface area contributed by atoms with E-state index >= 15 is 0 Å². The fourth-order valence-corrected chi connectivity index (χ4v) is 1.38. The van der Waals surface area contributed by atoms with E-state index in [0.29, 0.717) is 6.54 Å². The number of rotatable bonds is 2. The molecule has 0 amide bonds. The Hall–Kier alpha value is 0.0700. The van der Waals surface area contributed by atoms with Gasteiger partial charge < -0.3 is 10.3 Å². The Morgan fingerprint density at radius 2 is 2.67 bits per heavy atom. The molecule has 0 aromatic carbocycles. The van der Waals surface area contributed by atoms with Crippen molar-refractivity contribution < 1.29 is 5.06 Å². The summed E-state index contributed by atoms with van der Waals surface area (Å²) in [6, 6.07) is 0.171. The first-order valence-corrected chi connectivity index (χ1v) is 4.06. The zero-order chi connectivity index (χ0) is 6.69. The molecule has 3 nitrogen and oxygen atoms in total. The molecule has 1 heterocycles. The Labute approximate surface area is 62.5 Å². The van der Waals surface area contributed by atoms with Gasteiger partial charge in [0.2, 0.25) is 0 Å². The minimum absolute atomic E-state index is 0.171. The van der Waals surface area contributed by atoms with Crippen LogP contribution in [-0.4, -0.2) is 24.3 Å². The Morgan fingerprint density at radius 1 is 1.89 bits per heavy atom. The van der Waals surface area contributed by atoms with E-state index in [9.17, 15) is 5.21 Å². The SMILES string of the molecule is [O-][NH+]1C=NCC1CCBr. The van der Waals surface area contributed by atoms with Crippen LogP contribution < -0.4 is 5.06 Å². The highest BCUT2D eigenvalue weighted by molar-refractivity contribution is 9.09. The molecule has 2 atom stereocenters. The molecule has 1 N–H and O–H groups in total. The lowest BCUT2D eigenvalue weighted by Crippen LogP contribution is -3.09. The van der Waals surface area contributed by atoms with Crippen molar-refractivity contribution in [2.45, 2.75) is 12.5 Å². The molecule has 1 rings (SSSR count). The molecule has 0 saturated heterocycles. The predicted octanol–water partition coefficient (Wildman–Crippen LogP) is -0.435. The zero-order valence-electron chi connectivity index (χ0n) is 5.01. The second-order valence-electron chi connectivity index (χ2n) is 2.07. The Kier molecular flexibility index (Phi) is 2.63. The Balaban J connectivity index is 2.28. The fourth-order valence-electron chi connectivity index (χ4n) is 0.831. The largest absolute Gasteiger partial charge is 0.628 e. The summed E-state index contributed by atoms with van der Waals surface area (Å²) >= 11 is 3.28. The average Bonchev–Trinajstić information content (AvgIpc) is 2.18. The molecule has 1 aliphatic heterocycles. The molecule has 52 valence electrons. The fraction of sp³-hybridized carbons (Fsp3) is 0.800. The first-order valence-electron chi connectivity index (χ1n) is 2.94. The monoisotopic (exact) mass is 192 g/mol. The maximum absolute atomic E-state index is 10.8. The van der Waals surface area contributed by atoms with Crippen molar-refractivity contribution in [2.24, 2.45) is 4.99 Å². The molecule has 0 aromatic rings. The molecule has 2 unspecified atom stereocenters. The van der Waals surface area contributed by atoms with E-state index in [1.807, 2.05) is 0 Å². The molecule has 0 aliphatic carbocycles. The third kappa shape index (κ3) is 1.74. The third-order valence-electron chi connectivity index (χ3n) is 1.40. The quantitative estimate of drug-likeness (QED) is 0.469. The van der Waals surface area contributed by atoms with Crippen LogP contribution in [0.1, 0.15) is 6.42 Å². The Bertz CT molecular complexity index is 118. The van der Waals surface area contributed by atoms with E-state index in [1.165, 1.54) is 6.34 Å². The predicted molar refractivity (Wildman–Crippen MR) is 39.9 cm³/mol. The second kappa shape index (κ2) is 3.29. The van der Waals surface area contributed by atoms with Gasteiger partial charge in [-0.3, -0.25) is 0 Å². The van der Waals surface area contributed by atoms with Crippen LogP contribution in [0.25, 0.3) is 0 Å². The van der Waals surface area contributed by atoms with E-state index in [-0.39, 0.29) is 11.1 Å². The maximum atomic E-state index is 10.8. The number of aliphatic imine (C=N–C) groups is 1. The van der Waals surface area contributed by atoms with Crippen LogP contribution in [0.15, 0.2) is 4.99 Å². The smallest absolute Gasteiger partial charge is 0.184 e. The summed E-state index contributed by atoms with van der Waals surface area (Å²) < 4.78 is 0. The highest BCUT2D eigenvalue weighted by Gasteiger charge is 2.17. The number of hydrogen-bond donors (Lipinski definition) is 1. The summed E-state index contributed by atoms with van der Waals surface area (Å²) in [5.41, 5.74) is 0. The molecular formula is C5H9BrN2O. The molecule has 9 heavy (non-hydrogen) atoms. The van der Waals surface area contributed by atoms with Gasteiger partial charge in [0.1, 0.15) is 6.04 Å². The third-order valence-corrected chi connectivity index (χ3v) is 1.86. The van der Waals surface area contributed by atoms with Crippen molar-refractivity contribution in [3.63, 3.8) is 0 Å². The van der Waals surface area contributed by atoms with Gasteiger partial charge in [-0.1, -0.05) is 15.9 Å². The number of hydrogen-bond acceptors (Lipinski definition) is 2. The number of hydroxylamine groups is 2. The molecule has 1 aliphatic rings. The Morgan fingerprint density at radius 3 is 3.11 bits per heavy atom. The van der Waals surface area contributed by atoms with Crippen molar-refractivity contribution >= 4 is 22.3 Å². The van der Waals surface area contributed by atoms with Gasteiger partial charge in [-0.15, -0.1) is 0 Å². The van der Waals surface area contributed by atoms with Crippen LogP contribution in [0.4, 0.5) is 0 Å². The van der Waals surface area contributed by atoms with Crippen molar-refractivity contribution in [2.75, 3.05) is 11.9 Å². The van der Waals surface area contributed by atoms with E-state index in [2.05, 4.69) is 20.9 Å². The second-order valence-corrected chi connectivity index (χ2v) is 2.86. The average molecular weight is 193 g/mol. The van der Waals surface area contributed by atoms with Crippen LogP contribution in [0.5, 0.6) is 0 Å². The minimum Gasteiger partial charge on any atom is -0.628 e. The normalized spacial score (nSPS) is 33.6. The van der Waals surface area contributed by atoms with Crippen LogP contribution in [0.3, 0.4) is 0 Å². The first kappa shape index (κ1) is 7.18. The van der Waals surface area contributed by atoms with Crippen LogP contribution >= 0.6 is 15.9 Å². The molecule has 4 heteroatoms. The molecular weight excluding hydrogens is 184 g/mol. The van der Waals surface area contributed by atoms with Gasteiger partial charge in [0.05, 0.1) is 6.54 Å². The summed E-state index contributed by atoms with van der Waals surface area (Å²) in [4.78, 5) is 3.87. The van der Waals surface area contributed by atoms with Crippen LogP contribution in [0.2, 0.25) is 0 Å². The lowest BCUT2D eigenvalue weighted by Gasteiger charge is -2.19. The minimum atomic E-state index is 0.171. The molecule has 0 spiro atoms. The van der Waals surface area contributed by atoms with Gasteiger partial charge in [0.15, 0.2) is 6.34 Å². The van der Waals surface area contributed by atoms with Gasteiger partial charge in [-0.2, -0.15) is 0 Å². The lowest BCUT2D eigenvalue weighted by molar-refractivity contribution is -0.763. The summed E-state index contributed by atoms with van der Waals surface area (Å²) in [5.74, 6) is 0. The van der Waals surface area contributed by atoms with Gasteiger partial charge >= 0.3 is 0 Å². The number of nitrogens with one attached hydrogen (secondary N) is 1. The highest BCUT2D eigenvalue weighted by atomic mass is 79.9. The summed E-state index contributed by atoms with van der Waals surface area (Å²) in [7, 11) is 0. The van der Waals surface area contributed by atoms with Crippen molar-refractivity contribution in [1.82, 2.24) is 0 Å². The van der Waals surface area contributed by atoms with Gasteiger partial charge in [-0.25, -0.2) is 4.99 Å². The van der Waals surface area contributed by atoms with Gasteiger partial charge in [0, 0.05) is 11.8 Å². The van der Waals surface area contributed by atoms with Gasteiger partial charge in [0.25, 0.3) is 0 Å². The van der Waals surface area contributed by atoms with Crippen molar-refractivity contribution in [1.29, 1.82) is 0 Å². The first-order chi connectivity index (χ1) is 4.34. The van der Waals surface area contributed by atoms with E-state index in [0.717, 1.165) is 11.8 Å². The summed E-state index contributed by atoms with van der Waals surface area (Å²) in [6.45, 7) is 0.699. The lowest BCUT2D eigenvalue weighted by atomic mass is 10.2. The van der Waals surface area contributed by atoms with E-state index < -0.39 is 0 Å². The topological polar surface area (TPSA) is 39.9 Å². The number of halogens is 1. The van der Waals surface area contributed by atoms with Crippen LogP contribution in [0, 0.1) is 5.21 Å². The van der Waals surface area contributed by atoms with Crippen molar-refractivity contribution in [3.8, 4) is 0 Å². The highest BCUT2D eigenvalue weighted by Crippen LogP contribution is 1.95. The number of nitrogens with zero attached hydrogens (tertiary/aromatic N) is 1. The molecule has 0 bridgehead atoms. The summed E-state index contributed by atoms with van der Waals surface area (Å²) in [6.07, 6.45) is 2.35. The molecule has 0 saturated carbocycles. The van der Waals surface area contributed by atoms with E-state index in [1.54, 1.807) is 0 Å². The molecule has 0 aromatic heterocycles. The number of quaternary nitrogens is 1. The zero-order valence-corrected chi connectivity index (χ0v) is 6.60. The summed E-state index contributed by atoms with van der Waals surface area (Å²) in [5, 5.41) is 11.9. The van der Waals surface area contributed by atoms with Gasteiger partial charge in [-0.05, 0) is 0 Å². The van der Waals surface area contributed by atoms with Crippen molar-refractivity contribution in [3.05, 3.63) is 5.21 Å². The molecule has 0 radical (unpaired) electrons. The van der Waals surface area contributed by atoms with E-state index in [4.69, 9.17) is 0 Å².